The molecule has 38 heavy (non-hydrogen) atoms. The average Bonchev–Trinajstić information content (AvgIpc) is 2.94. The molecule has 0 saturated heterocycles. The Kier molecular flexibility index (Phi) is 12.1. The molecule has 204 valence electrons. The summed E-state index contributed by atoms with van der Waals surface area (Å²) in [6.07, 6.45) is 23.4. The molecule has 1 atom stereocenters. The van der Waals surface area contributed by atoms with Crippen molar-refractivity contribution in [3.63, 3.8) is 0 Å². The van der Waals surface area contributed by atoms with E-state index in [-0.39, 0.29) is 7.21 Å². The summed E-state index contributed by atoms with van der Waals surface area (Å²) in [7, 11) is 0. The zero-order chi connectivity index (χ0) is 27.3. The number of carbonyl (C=O) groups excluding carboxylic acids is 1. The number of fused-ring (bicyclic) bond motifs is 1. The Balaban J connectivity index is 0.00000533. The standard InChI is InChI=1S/C37H48O.H2/c1-6-10-17-29(16-8-3)18-14-24-35-31(19-11-7-2)25-26-36(33(35)9-4)37(38)28(5)27-32-22-15-21-30-20-12-13-23-34(30)32;/h7,12-14,20,22-27,29H,2,6,8-11,15-19,21H2,1,3-5H3;1H/b24-14+,28-27+;. The molecule has 0 spiro atoms. The third-order valence-electron chi connectivity index (χ3n) is 7.92. The lowest BCUT2D eigenvalue weighted by Crippen LogP contribution is -2.09. The Morgan fingerprint density at radius 2 is 1.89 bits per heavy atom. The van der Waals surface area contributed by atoms with Crippen LogP contribution in [0.25, 0.3) is 11.6 Å². The smallest absolute Gasteiger partial charge is 0.189 e. The molecule has 0 saturated carbocycles. The number of rotatable bonds is 15. The molecule has 0 amide bonds. The van der Waals surface area contributed by atoms with E-state index in [4.69, 9.17) is 0 Å². The lowest BCUT2D eigenvalue weighted by molar-refractivity contribution is 0.103. The van der Waals surface area contributed by atoms with Crippen molar-refractivity contribution in [1.82, 2.24) is 0 Å². The van der Waals surface area contributed by atoms with Crippen molar-refractivity contribution in [3.05, 3.63) is 106 Å². The van der Waals surface area contributed by atoms with Gasteiger partial charge in [-0.2, -0.15) is 0 Å². The highest BCUT2D eigenvalue weighted by molar-refractivity contribution is 6.11. The summed E-state index contributed by atoms with van der Waals surface area (Å²) in [4.78, 5) is 13.8. The Hall–Kier alpha value is -2.93. The van der Waals surface area contributed by atoms with E-state index < -0.39 is 0 Å². The van der Waals surface area contributed by atoms with Crippen molar-refractivity contribution in [2.24, 2.45) is 5.92 Å². The maximum Gasteiger partial charge on any atom is 0.189 e. The lowest BCUT2D eigenvalue weighted by Gasteiger charge is -2.18. The van der Waals surface area contributed by atoms with Gasteiger partial charge < -0.3 is 0 Å². The van der Waals surface area contributed by atoms with Gasteiger partial charge in [-0.15, -0.1) is 6.58 Å². The minimum atomic E-state index is 0. The van der Waals surface area contributed by atoms with Gasteiger partial charge in [0.1, 0.15) is 0 Å². The Morgan fingerprint density at radius 1 is 1.08 bits per heavy atom. The van der Waals surface area contributed by atoms with E-state index in [2.05, 4.69) is 88.1 Å². The highest BCUT2D eigenvalue weighted by Gasteiger charge is 2.18. The van der Waals surface area contributed by atoms with Crippen LogP contribution in [0.2, 0.25) is 0 Å². The first-order valence-electron chi connectivity index (χ1n) is 15.0. The number of aryl methyl sites for hydroxylation is 2. The summed E-state index contributed by atoms with van der Waals surface area (Å²) < 4.78 is 0. The van der Waals surface area contributed by atoms with Gasteiger partial charge in [0.05, 0.1) is 0 Å². The van der Waals surface area contributed by atoms with Crippen LogP contribution in [0.3, 0.4) is 0 Å². The molecule has 0 aliphatic heterocycles. The Labute approximate surface area is 233 Å². The molecule has 0 bridgehead atoms. The second-order valence-electron chi connectivity index (χ2n) is 10.8. The number of carbonyl (C=O) groups is 1. The predicted molar refractivity (Wildman–Crippen MR) is 169 cm³/mol. The zero-order valence-electron chi connectivity index (χ0n) is 24.3. The minimum absolute atomic E-state index is 0. The third-order valence-corrected chi connectivity index (χ3v) is 7.92. The normalized spacial score (nSPS) is 14.3. The molecule has 0 heterocycles. The molecular formula is C37H50O. The van der Waals surface area contributed by atoms with Gasteiger partial charge in [0, 0.05) is 6.99 Å². The molecule has 0 aromatic heterocycles. The number of benzene rings is 2. The number of ketones is 1. The first kappa shape index (κ1) is 29.6. The van der Waals surface area contributed by atoms with Crippen molar-refractivity contribution in [1.29, 1.82) is 0 Å². The second kappa shape index (κ2) is 15.5. The fourth-order valence-corrected chi connectivity index (χ4v) is 5.81. The van der Waals surface area contributed by atoms with Crippen LogP contribution in [0.15, 0.2) is 72.9 Å². The van der Waals surface area contributed by atoms with Crippen LogP contribution >= 0.6 is 0 Å². The van der Waals surface area contributed by atoms with E-state index in [0.29, 0.717) is 0 Å². The molecule has 1 aliphatic rings. The van der Waals surface area contributed by atoms with Crippen molar-refractivity contribution < 1.29 is 6.22 Å². The molecule has 2 aromatic carbocycles. The molecule has 0 fully saturated rings. The monoisotopic (exact) mass is 510 g/mol. The molecule has 1 nitrogen and oxygen atoms in total. The third kappa shape index (κ3) is 7.79. The quantitative estimate of drug-likeness (QED) is 0.132. The van der Waals surface area contributed by atoms with Gasteiger partial charge in [-0.05, 0) is 96.4 Å². The average molecular weight is 511 g/mol. The van der Waals surface area contributed by atoms with E-state index >= 15 is 0 Å². The maximum absolute atomic E-state index is 13.8. The summed E-state index contributed by atoms with van der Waals surface area (Å²) in [5.74, 6) is 0.891. The summed E-state index contributed by atoms with van der Waals surface area (Å²) >= 11 is 0. The molecule has 0 radical (unpaired) electrons. The van der Waals surface area contributed by atoms with E-state index in [1.54, 1.807) is 0 Å². The number of hydrogen-bond acceptors (Lipinski definition) is 1. The van der Waals surface area contributed by atoms with Crippen LogP contribution < -0.4 is 0 Å². The van der Waals surface area contributed by atoms with Crippen molar-refractivity contribution in [2.45, 2.75) is 98.3 Å². The number of unbranched alkanes of at least 4 members (excludes halogenated alkanes) is 1. The van der Waals surface area contributed by atoms with Gasteiger partial charge in [0.15, 0.2) is 5.78 Å². The molecule has 2 aromatic rings. The van der Waals surface area contributed by atoms with Crippen molar-refractivity contribution >= 4 is 17.4 Å². The van der Waals surface area contributed by atoms with Crippen LogP contribution in [-0.4, -0.2) is 5.78 Å². The van der Waals surface area contributed by atoms with E-state index in [0.717, 1.165) is 55.6 Å². The number of hydrogen-bond donors (Lipinski definition) is 0. The SMILES string of the molecule is C=CCCc1ccc(C(=O)/C(C)=C/C2=CCCc3ccccc32)c(CC)c1/C=C/CC(CCC)CCCC.[HH]. The molecular weight excluding hydrogens is 460 g/mol. The highest BCUT2D eigenvalue weighted by atomic mass is 16.1. The first-order valence-corrected chi connectivity index (χ1v) is 15.0. The number of allylic oxidation sites excluding steroid dienone is 6. The summed E-state index contributed by atoms with van der Waals surface area (Å²) in [6.45, 7) is 12.7. The van der Waals surface area contributed by atoms with E-state index in [1.807, 2.05) is 13.0 Å². The second-order valence-corrected chi connectivity index (χ2v) is 10.8. The summed E-state index contributed by atoms with van der Waals surface area (Å²) in [5, 5.41) is 0. The van der Waals surface area contributed by atoms with Crippen LogP contribution in [0.4, 0.5) is 0 Å². The van der Waals surface area contributed by atoms with Gasteiger partial charge in [0.25, 0.3) is 0 Å². The summed E-state index contributed by atoms with van der Waals surface area (Å²) in [5.41, 5.74) is 9.21. The Morgan fingerprint density at radius 3 is 2.63 bits per heavy atom. The maximum atomic E-state index is 13.8. The van der Waals surface area contributed by atoms with Crippen LogP contribution in [0.5, 0.6) is 0 Å². The molecule has 1 heteroatoms. The van der Waals surface area contributed by atoms with Gasteiger partial charge in [0.2, 0.25) is 0 Å². The number of Topliss-reactive ketones (excluding diaryl/α,β-unsaturated/α-hetero) is 1. The van der Waals surface area contributed by atoms with Crippen molar-refractivity contribution in [2.75, 3.05) is 0 Å². The van der Waals surface area contributed by atoms with E-state index in [1.165, 1.54) is 65.5 Å². The first-order chi connectivity index (χ1) is 18.5. The largest absolute Gasteiger partial charge is 0.289 e. The lowest BCUT2D eigenvalue weighted by atomic mass is 9.86. The van der Waals surface area contributed by atoms with Gasteiger partial charge in [-0.1, -0.05) is 114 Å². The molecule has 1 aliphatic carbocycles. The van der Waals surface area contributed by atoms with Crippen LogP contribution in [0.1, 0.15) is 119 Å². The van der Waals surface area contributed by atoms with Crippen LogP contribution in [-0.2, 0) is 19.3 Å². The van der Waals surface area contributed by atoms with E-state index in [9.17, 15) is 4.79 Å². The van der Waals surface area contributed by atoms with Crippen LogP contribution in [0, 0.1) is 5.92 Å². The summed E-state index contributed by atoms with van der Waals surface area (Å²) in [6, 6.07) is 12.8. The molecule has 3 rings (SSSR count). The fourth-order valence-electron chi connectivity index (χ4n) is 5.81. The topological polar surface area (TPSA) is 17.1 Å². The van der Waals surface area contributed by atoms with Gasteiger partial charge in [-0.3, -0.25) is 4.79 Å². The minimum Gasteiger partial charge on any atom is -0.289 e. The molecule has 0 N–H and O–H groups in total. The Bertz CT molecular complexity index is 1180. The molecule has 1 unspecified atom stereocenters. The predicted octanol–water partition coefficient (Wildman–Crippen LogP) is 10.8. The van der Waals surface area contributed by atoms with Gasteiger partial charge in [-0.25, -0.2) is 0 Å². The van der Waals surface area contributed by atoms with Crippen molar-refractivity contribution in [3.8, 4) is 0 Å². The van der Waals surface area contributed by atoms with Gasteiger partial charge >= 0.3 is 0 Å². The zero-order valence-corrected chi connectivity index (χ0v) is 24.3. The highest BCUT2D eigenvalue weighted by Crippen LogP contribution is 2.30. The fraction of sp³-hybridized carbons (Fsp3) is 0.432.